The van der Waals surface area contributed by atoms with Crippen LogP contribution < -0.4 is 10.6 Å². The largest absolute Gasteiger partial charge is 0.480 e. The van der Waals surface area contributed by atoms with Gasteiger partial charge in [-0.05, 0) is 61.4 Å². The number of rotatable bonds is 7. The molecule has 1 atom stereocenters. The first-order valence-corrected chi connectivity index (χ1v) is 9.41. The zero-order valence-corrected chi connectivity index (χ0v) is 15.7. The number of benzene rings is 2. The second kappa shape index (κ2) is 8.69. The van der Waals surface area contributed by atoms with E-state index in [2.05, 4.69) is 22.8 Å². The van der Waals surface area contributed by atoms with Gasteiger partial charge in [-0.15, -0.1) is 0 Å². The molecule has 6 nitrogen and oxygen atoms in total. The molecular weight excluding hydrogens is 356 g/mol. The van der Waals surface area contributed by atoms with Crippen molar-refractivity contribution in [2.45, 2.75) is 38.1 Å². The van der Waals surface area contributed by atoms with Gasteiger partial charge in [0.25, 0.3) is 5.91 Å². The van der Waals surface area contributed by atoms with Crippen LogP contribution in [0.1, 0.15) is 48.0 Å². The zero-order valence-electron chi connectivity index (χ0n) is 15.7. The fraction of sp³-hybridized carbons (Fsp3) is 0.318. The number of carbonyl (C=O) groups is 3. The van der Waals surface area contributed by atoms with Gasteiger partial charge < -0.3 is 15.7 Å². The lowest BCUT2D eigenvalue weighted by Crippen LogP contribution is -2.38. The molecule has 0 bridgehead atoms. The van der Waals surface area contributed by atoms with Gasteiger partial charge in [-0.2, -0.15) is 0 Å². The van der Waals surface area contributed by atoms with E-state index in [1.807, 2.05) is 18.2 Å². The van der Waals surface area contributed by atoms with Crippen molar-refractivity contribution in [3.05, 3.63) is 65.7 Å². The third-order valence-electron chi connectivity index (χ3n) is 5.13. The molecule has 0 aliphatic heterocycles. The standard InChI is InChI=1S/C22H24N2O4/c1-14(22(27)28)23-21(26)17-7-9-19(10-8-17)24-20(25)13-15-11-18(12-15)16-5-3-2-4-6-16/h2-10,14-15,18H,11-13H2,1H3,(H,23,26)(H,24,25)(H,27,28). The van der Waals surface area contributed by atoms with E-state index in [0.29, 0.717) is 29.5 Å². The summed E-state index contributed by atoms with van der Waals surface area (Å²) in [6.07, 6.45) is 2.54. The lowest BCUT2D eigenvalue weighted by molar-refractivity contribution is -0.138. The van der Waals surface area contributed by atoms with Crippen LogP contribution in [0.25, 0.3) is 0 Å². The highest BCUT2D eigenvalue weighted by atomic mass is 16.4. The molecule has 3 N–H and O–H groups in total. The van der Waals surface area contributed by atoms with E-state index in [0.717, 1.165) is 12.8 Å². The maximum atomic E-state index is 12.2. The van der Waals surface area contributed by atoms with E-state index >= 15 is 0 Å². The zero-order chi connectivity index (χ0) is 20.1. The number of anilines is 1. The lowest BCUT2D eigenvalue weighted by Gasteiger charge is -2.35. The molecule has 0 aromatic heterocycles. The van der Waals surface area contributed by atoms with E-state index in [-0.39, 0.29) is 5.91 Å². The summed E-state index contributed by atoms with van der Waals surface area (Å²) < 4.78 is 0. The van der Waals surface area contributed by atoms with Gasteiger partial charge in [-0.3, -0.25) is 14.4 Å². The molecule has 0 radical (unpaired) electrons. The minimum atomic E-state index is -1.09. The summed E-state index contributed by atoms with van der Waals surface area (Å²) in [5, 5.41) is 14.1. The number of carboxylic acids is 1. The van der Waals surface area contributed by atoms with Crippen LogP contribution in [-0.2, 0) is 9.59 Å². The fourth-order valence-electron chi connectivity index (χ4n) is 3.42. The van der Waals surface area contributed by atoms with Gasteiger partial charge in [0.05, 0.1) is 0 Å². The average Bonchev–Trinajstić information content (AvgIpc) is 2.65. The van der Waals surface area contributed by atoms with Gasteiger partial charge in [-0.25, -0.2) is 0 Å². The van der Waals surface area contributed by atoms with Crippen molar-refractivity contribution in [2.75, 3.05) is 5.32 Å². The number of aliphatic carboxylic acids is 1. The highest BCUT2D eigenvalue weighted by Crippen LogP contribution is 2.43. The van der Waals surface area contributed by atoms with Crippen molar-refractivity contribution < 1.29 is 19.5 Å². The molecule has 2 amide bonds. The first kappa shape index (κ1) is 19.6. The topological polar surface area (TPSA) is 95.5 Å². The van der Waals surface area contributed by atoms with Crippen LogP contribution in [-0.4, -0.2) is 28.9 Å². The molecule has 1 unspecified atom stereocenters. The van der Waals surface area contributed by atoms with E-state index in [9.17, 15) is 14.4 Å². The molecule has 1 saturated carbocycles. The summed E-state index contributed by atoms with van der Waals surface area (Å²) in [5.41, 5.74) is 2.30. The maximum Gasteiger partial charge on any atom is 0.325 e. The van der Waals surface area contributed by atoms with E-state index in [4.69, 9.17) is 5.11 Å². The third kappa shape index (κ3) is 4.97. The van der Waals surface area contributed by atoms with Gasteiger partial charge >= 0.3 is 5.97 Å². The van der Waals surface area contributed by atoms with Gasteiger partial charge in [-0.1, -0.05) is 30.3 Å². The molecule has 0 saturated heterocycles. The normalized spacial score (nSPS) is 19.2. The van der Waals surface area contributed by atoms with E-state index < -0.39 is 17.9 Å². The number of hydrogen-bond donors (Lipinski definition) is 3. The third-order valence-corrected chi connectivity index (χ3v) is 5.13. The Morgan fingerprint density at radius 2 is 1.68 bits per heavy atom. The van der Waals surface area contributed by atoms with Crippen molar-refractivity contribution in [3.63, 3.8) is 0 Å². The monoisotopic (exact) mass is 380 g/mol. The highest BCUT2D eigenvalue weighted by Gasteiger charge is 2.31. The predicted molar refractivity (Wildman–Crippen MR) is 106 cm³/mol. The van der Waals surface area contributed by atoms with Gasteiger partial charge in [0.2, 0.25) is 5.91 Å². The first-order chi connectivity index (χ1) is 13.4. The van der Waals surface area contributed by atoms with Crippen molar-refractivity contribution >= 4 is 23.5 Å². The van der Waals surface area contributed by atoms with E-state index in [1.54, 1.807) is 24.3 Å². The number of carbonyl (C=O) groups excluding carboxylic acids is 2. The van der Waals surface area contributed by atoms with Crippen LogP contribution >= 0.6 is 0 Å². The molecule has 0 heterocycles. The summed E-state index contributed by atoms with van der Waals surface area (Å²) in [6, 6.07) is 15.8. The van der Waals surface area contributed by atoms with Crippen LogP contribution in [0.3, 0.4) is 0 Å². The van der Waals surface area contributed by atoms with Gasteiger partial charge in [0.15, 0.2) is 0 Å². The molecule has 28 heavy (non-hydrogen) atoms. The molecule has 2 aromatic carbocycles. The molecule has 1 aliphatic rings. The number of carboxylic acid groups (broad SMARTS) is 1. The van der Waals surface area contributed by atoms with Crippen LogP contribution in [0.15, 0.2) is 54.6 Å². The van der Waals surface area contributed by atoms with Gasteiger partial charge in [0, 0.05) is 17.7 Å². The maximum absolute atomic E-state index is 12.2. The molecule has 0 spiro atoms. The Kier molecular flexibility index (Phi) is 6.09. The number of hydrogen-bond acceptors (Lipinski definition) is 3. The summed E-state index contributed by atoms with van der Waals surface area (Å²) in [4.78, 5) is 35.0. The fourth-order valence-corrected chi connectivity index (χ4v) is 3.42. The smallest absolute Gasteiger partial charge is 0.325 e. The summed E-state index contributed by atoms with van der Waals surface area (Å²) in [5.74, 6) is -0.650. The Morgan fingerprint density at radius 3 is 2.29 bits per heavy atom. The molecule has 6 heteroatoms. The summed E-state index contributed by atoms with van der Waals surface area (Å²) in [7, 11) is 0. The quantitative estimate of drug-likeness (QED) is 0.686. The average molecular weight is 380 g/mol. The summed E-state index contributed by atoms with van der Waals surface area (Å²) >= 11 is 0. The van der Waals surface area contributed by atoms with Crippen LogP contribution in [0.2, 0.25) is 0 Å². The second-order valence-corrected chi connectivity index (χ2v) is 7.31. The highest BCUT2D eigenvalue weighted by molar-refractivity contribution is 5.97. The minimum Gasteiger partial charge on any atom is -0.480 e. The molecule has 1 aliphatic carbocycles. The van der Waals surface area contributed by atoms with E-state index in [1.165, 1.54) is 12.5 Å². The Bertz CT molecular complexity index is 843. The van der Waals surface area contributed by atoms with Gasteiger partial charge in [0.1, 0.15) is 6.04 Å². The van der Waals surface area contributed by atoms with Crippen molar-refractivity contribution in [3.8, 4) is 0 Å². The minimum absolute atomic E-state index is 0.0341. The molecule has 1 fully saturated rings. The summed E-state index contributed by atoms with van der Waals surface area (Å²) in [6.45, 7) is 1.40. The van der Waals surface area contributed by atoms with Crippen LogP contribution in [0.4, 0.5) is 5.69 Å². The predicted octanol–water partition coefficient (Wildman–Crippen LogP) is 3.41. The Labute approximate surface area is 164 Å². The molecule has 146 valence electrons. The SMILES string of the molecule is CC(NC(=O)c1ccc(NC(=O)CC2CC(c3ccccc3)C2)cc1)C(=O)O. The Hall–Kier alpha value is -3.15. The first-order valence-electron chi connectivity index (χ1n) is 9.41. The lowest BCUT2D eigenvalue weighted by atomic mass is 9.70. The Balaban J connectivity index is 1.45. The van der Waals surface area contributed by atoms with Crippen LogP contribution in [0.5, 0.6) is 0 Å². The van der Waals surface area contributed by atoms with Crippen LogP contribution in [0, 0.1) is 5.92 Å². The number of amides is 2. The van der Waals surface area contributed by atoms with Crippen molar-refractivity contribution in [1.29, 1.82) is 0 Å². The molecule has 3 rings (SSSR count). The van der Waals surface area contributed by atoms with Crippen molar-refractivity contribution in [1.82, 2.24) is 5.32 Å². The number of nitrogens with one attached hydrogen (secondary N) is 2. The second-order valence-electron chi connectivity index (χ2n) is 7.31. The Morgan fingerprint density at radius 1 is 1.04 bits per heavy atom. The molecule has 2 aromatic rings. The molecular formula is C22H24N2O4. The van der Waals surface area contributed by atoms with Crippen molar-refractivity contribution in [2.24, 2.45) is 5.92 Å².